The maximum Gasteiger partial charge on any atom is 0.472 e. The first-order valence-corrected chi connectivity index (χ1v) is 28.5. The van der Waals surface area contributed by atoms with Gasteiger partial charge in [-0.3, -0.25) is 13.8 Å². The van der Waals surface area contributed by atoms with Gasteiger partial charge in [-0.25, -0.2) is 4.57 Å². The molecule has 392 valence electrons. The smallest absolute Gasteiger partial charge is 0.457 e. The largest absolute Gasteiger partial charge is 0.472 e. The fourth-order valence-electron chi connectivity index (χ4n) is 8.12. The first kappa shape index (κ1) is 63.3. The molecule has 12 nitrogen and oxygen atoms in total. The molecule has 6 unspecified atom stereocenters. The van der Waals surface area contributed by atoms with E-state index in [-0.39, 0.29) is 13.0 Å². The molecule has 0 aromatic carbocycles. The van der Waals surface area contributed by atoms with Crippen molar-refractivity contribution in [1.29, 1.82) is 0 Å². The quantitative estimate of drug-likeness (QED) is 0.0147. The predicted octanol–water partition coefficient (Wildman–Crippen LogP) is 12.4. The van der Waals surface area contributed by atoms with Gasteiger partial charge in [0.25, 0.3) is 0 Å². The maximum absolute atomic E-state index is 12.9. The van der Waals surface area contributed by atoms with Crippen LogP contribution in [0.2, 0.25) is 0 Å². The Bertz CT molecular complexity index is 1290. The Balaban J connectivity index is 2.34. The number of esters is 1. The number of allylic oxidation sites excluding steroid dienone is 8. The van der Waals surface area contributed by atoms with E-state index in [9.17, 15) is 39.8 Å². The molecule has 1 aliphatic rings. The van der Waals surface area contributed by atoms with Crippen LogP contribution in [0.4, 0.5) is 0 Å². The minimum Gasteiger partial charge on any atom is -0.457 e. The standard InChI is InChI=1S/C54H99O12P/c1-3-5-7-9-11-13-15-17-19-21-23-24-25-27-29-31-33-35-37-39-41-43-48(55)65-47(46-64-67(61,62)66-54-52(59)50(57)49(56)51(58)53(54)60)45-63-44-42-40-38-36-34-32-30-28-26-22-20-18-16-14-12-10-8-6-4-2/h15,17,20-23,25,27,47,49-54,56-60H,3-14,16,18-19,24,26,28-46H2,1-2H3,(H,61,62)/b17-15-,22-20-,23-21-,27-25-. The van der Waals surface area contributed by atoms with Gasteiger partial charge in [0.1, 0.15) is 42.7 Å². The van der Waals surface area contributed by atoms with Crippen molar-refractivity contribution in [3.8, 4) is 0 Å². The van der Waals surface area contributed by atoms with Crippen LogP contribution in [0, 0.1) is 0 Å². The van der Waals surface area contributed by atoms with E-state index in [1.54, 1.807) is 0 Å². The predicted molar refractivity (Wildman–Crippen MR) is 272 cm³/mol. The van der Waals surface area contributed by atoms with Gasteiger partial charge in [-0.05, 0) is 77.0 Å². The molecule has 67 heavy (non-hydrogen) atoms. The first-order valence-electron chi connectivity index (χ1n) is 27.0. The Morgan fingerprint density at radius 3 is 1.28 bits per heavy atom. The third-order valence-corrected chi connectivity index (χ3v) is 13.4. The molecule has 0 saturated heterocycles. The SMILES string of the molecule is CCCCCCC/C=C\C/C=C\C/C=C\CCCCCCCCC(=O)OC(COCCCCCCCCCC/C=C\CCCCCCCCC)COP(=O)(O)OC1C(O)C(O)C(O)C(O)C1O. The summed E-state index contributed by atoms with van der Waals surface area (Å²) in [6, 6.07) is 0. The Morgan fingerprint density at radius 1 is 0.478 bits per heavy atom. The van der Waals surface area contributed by atoms with E-state index in [0.29, 0.717) is 13.0 Å². The summed E-state index contributed by atoms with van der Waals surface area (Å²) in [7, 11) is -5.03. The monoisotopic (exact) mass is 971 g/mol. The zero-order chi connectivity index (χ0) is 49.1. The van der Waals surface area contributed by atoms with Gasteiger partial charge in [0, 0.05) is 13.0 Å². The number of hydrogen-bond donors (Lipinski definition) is 6. The topological polar surface area (TPSA) is 192 Å². The Kier molecular flexibility index (Phi) is 41.8. The number of aliphatic hydroxyl groups is 5. The second-order valence-corrected chi connectivity index (χ2v) is 20.1. The van der Waals surface area contributed by atoms with Gasteiger partial charge < -0.3 is 39.9 Å². The Hall–Kier alpha value is -1.70. The lowest BCUT2D eigenvalue weighted by Crippen LogP contribution is -2.64. The second kappa shape index (κ2) is 44.3. The number of hydrogen-bond acceptors (Lipinski definition) is 11. The van der Waals surface area contributed by atoms with E-state index in [4.69, 9.17) is 18.5 Å². The normalized spacial score (nSPS) is 21.6. The summed E-state index contributed by atoms with van der Waals surface area (Å²) in [6.45, 7) is 4.25. The second-order valence-electron chi connectivity index (χ2n) is 18.7. The molecule has 0 aromatic rings. The summed E-state index contributed by atoms with van der Waals surface area (Å²) in [4.78, 5) is 23.3. The van der Waals surface area contributed by atoms with Gasteiger partial charge in [-0.15, -0.1) is 0 Å². The number of phosphoric acid groups is 1. The molecular weight excluding hydrogens is 872 g/mol. The van der Waals surface area contributed by atoms with Crippen molar-refractivity contribution in [2.24, 2.45) is 0 Å². The molecule has 0 heterocycles. The summed E-state index contributed by atoms with van der Waals surface area (Å²) < 4.78 is 34.3. The van der Waals surface area contributed by atoms with Crippen molar-refractivity contribution in [2.75, 3.05) is 19.8 Å². The Morgan fingerprint density at radius 2 is 0.836 bits per heavy atom. The van der Waals surface area contributed by atoms with Crippen molar-refractivity contribution in [3.05, 3.63) is 48.6 Å². The van der Waals surface area contributed by atoms with Crippen molar-refractivity contribution in [2.45, 2.75) is 268 Å². The molecule has 1 saturated carbocycles. The zero-order valence-electron chi connectivity index (χ0n) is 42.2. The molecule has 0 aliphatic heterocycles. The van der Waals surface area contributed by atoms with Crippen LogP contribution in [-0.2, 0) is 27.9 Å². The number of phosphoric ester groups is 1. The minimum atomic E-state index is -5.03. The summed E-state index contributed by atoms with van der Waals surface area (Å²) in [6.07, 6.45) is 43.1. The molecular formula is C54H99O12P. The van der Waals surface area contributed by atoms with E-state index >= 15 is 0 Å². The van der Waals surface area contributed by atoms with E-state index in [0.717, 1.165) is 70.6 Å². The van der Waals surface area contributed by atoms with Gasteiger partial charge in [0.15, 0.2) is 0 Å². The average molecular weight is 971 g/mol. The molecule has 0 radical (unpaired) electrons. The number of carbonyl (C=O) groups is 1. The van der Waals surface area contributed by atoms with Crippen LogP contribution in [0.25, 0.3) is 0 Å². The fourth-order valence-corrected chi connectivity index (χ4v) is 9.10. The van der Waals surface area contributed by atoms with Crippen LogP contribution in [0.5, 0.6) is 0 Å². The van der Waals surface area contributed by atoms with E-state index in [1.807, 2.05) is 0 Å². The lowest BCUT2D eigenvalue weighted by Gasteiger charge is -2.41. The molecule has 13 heteroatoms. The van der Waals surface area contributed by atoms with Crippen molar-refractivity contribution >= 4 is 13.8 Å². The Labute approximate surface area is 407 Å². The highest BCUT2D eigenvalue weighted by Gasteiger charge is 2.51. The molecule has 1 rings (SSSR count). The first-order chi connectivity index (χ1) is 32.5. The van der Waals surface area contributed by atoms with E-state index in [1.165, 1.54) is 128 Å². The van der Waals surface area contributed by atoms with Crippen molar-refractivity contribution < 1.29 is 58.3 Å². The summed E-state index contributed by atoms with van der Waals surface area (Å²) >= 11 is 0. The number of carbonyl (C=O) groups excluding carboxylic acids is 1. The fraction of sp³-hybridized carbons (Fsp3) is 0.833. The van der Waals surface area contributed by atoms with Gasteiger partial charge in [0.2, 0.25) is 0 Å². The van der Waals surface area contributed by atoms with Crippen LogP contribution in [0.15, 0.2) is 48.6 Å². The average Bonchev–Trinajstić information content (AvgIpc) is 3.31. The van der Waals surface area contributed by atoms with Gasteiger partial charge in [-0.1, -0.05) is 191 Å². The third kappa shape index (κ3) is 36.0. The molecule has 0 amide bonds. The maximum atomic E-state index is 12.9. The van der Waals surface area contributed by atoms with E-state index < -0.39 is 63.1 Å². The summed E-state index contributed by atoms with van der Waals surface area (Å²) in [5, 5.41) is 50.3. The highest BCUT2D eigenvalue weighted by Crippen LogP contribution is 2.47. The molecule has 6 N–H and O–H groups in total. The molecule has 1 fully saturated rings. The summed E-state index contributed by atoms with van der Waals surface area (Å²) in [5.41, 5.74) is 0. The number of aliphatic hydroxyl groups excluding tert-OH is 5. The highest BCUT2D eigenvalue weighted by molar-refractivity contribution is 7.47. The molecule has 0 aromatic heterocycles. The molecule has 1 aliphatic carbocycles. The molecule has 6 atom stereocenters. The third-order valence-electron chi connectivity index (χ3n) is 12.4. The van der Waals surface area contributed by atoms with Crippen molar-refractivity contribution in [3.63, 3.8) is 0 Å². The number of ether oxygens (including phenoxy) is 2. The van der Waals surface area contributed by atoms with Crippen LogP contribution in [0.3, 0.4) is 0 Å². The van der Waals surface area contributed by atoms with Crippen LogP contribution in [0.1, 0.15) is 226 Å². The molecule has 0 bridgehead atoms. The lowest BCUT2D eigenvalue weighted by atomic mass is 9.85. The van der Waals surface area contributed by atoms with Crippen LogP contribution < -0.4 is 0 Å². The summed E-state index contributed by atoms with van der Waals surface area (Å²) in [5.74, 6) is -0.489. The van der Waals surface area contributed by atoms with Crippen molar-refractivity contribution in [1.82, 2.24) is 0 Å². The van der Waals surface area contributed by atoms with Gasteiger partial charge in [0.05, 0.1) is 13.2 Å². The highest BCUT2D eigenvalue weighted by atomic mass is 31.2. The van der Waals surface area contributed by atoms with Gasteiger partial charge >= 0.3 is 13.8 Å². The minimum absolute atomic E-state index is 0.0844. The molecule has 0 spiro atoms. The number of unbranched alkanes of at least 4 members (excludes halogenated alkanes) is 26. The van der Waals surface area contributed by atoms with Gasteiger partial charge in [-0.2, -0.15) is 0 Å². The van der Waals surface area contributed by atoms with E-state index in [2.05, 4.69) is 62.5 Å². The van der Waals surface area contributed by atoms with Crippen LogP contribution in [-0.4, -0.2) is 98.9 Å². The van der Waals surface area contributed by atoms with Crippen LogP contribution >= 0.6 is 7.82 Å². The lowest BCUT2D eigenvalue weighted by molar-refractivity contribution is -0.220. The number of rotatable bonds is 46. The zero-order valence-corrected chi connectivity index (χ0v) is 43.1.